The molecule has 0 heterocycles. The molecule has 0 saturated heterocycles. The second-order valence-corrected chi connectivity index (χ2v) is 5.40. The van der Waals surface area contributed by atoms with Crippen LogP contribution >= 0.6 is 23.2 Å². The van der Waals surface area contributed by atoms with Crippen LogP contribution in [0.1, 0.15) is 30.1 Å². The highest BCUT2D eigenvalue weighted by Crippen LogP contribution is 2.20. The minimum atomic E-state index is -0.569. The molecule has 0 aliphatic heterocycles. The number of rotatable bonds is 7. The second-order valence-electron chi connectivity index (χ2n) is 4.55. The summed E-state index contributed by atoms with van der Waals surface area (Å²) in [6, 6.07) is 4.49. The SMILES string of the molecule is CCCC(O)CNC(=O)CNC(=O)c1ccc(Cl)cc1Cl. The minimum Gasteiger partial charge on any atom is -0.391 e. The van der Waals surface area contributed by atoms with E-state index in [1.165, 1.54) is 12.1 Å². The topological polar surface area (TPSA) is 78.4 Å². The van der Waals surface area contributed by atoms with Gasteiger partial charge in [-0.05, 0) is 24.6 Å². The summed E-state index contributed by atoms with van der Waals surface area (Å²) in [7, 11) is 0. The van der Waals surface area contributed by atoms with Crippen molar-refractivity contribution in [1.82, 2.24) is 10.6 Å². The molecule has 21 heavy (non-hydrogen) atoms. The number of hydrogen-bond acceptors (Lipinski definition) is 3. The van der Waals surface area contributed by atoms with Gasteiger partial charge in [0.1, 0.15) is 0 Å². The molecule has 0 aromatic heterocycles. The van der Waals surface area contributed by atoms with Crippen LogP contribution in [0.3, 0.4) is 0 Å². The Morgan fingerprint density at radius 1 is 1.29 bits per heavy atom. The number of benzene rings is 1. The zero-order valence-electron chi connectivity index (χ0n) is 11.7. The number of aliphatic hydroxyl groups excluding tert-OH is 1. The summed E-state index contributed by atoms with van der Waals surface area (Å²) in [6.45, 7) is 1.93. The van der Waals surface area contributed by atoms with E-state index in [1.807, 2.05) is 6.92 Å². The average molecular weight is 333 g/mol. The van der Waals surface area contributed by atoms with Crippen LogP contribution in [-0.2, 0) is 4.79 Å². The van der Waals surface area contributed by atoms with Crippen molar-refractivity contribution in [3.05, 3.63) is 33.8 Å². The van der Waals surface area contributed by atoms with Gasteiger partial charge in [-0.15, -0.1) is 0 Å². The standard InChI is InChI=1S/C14H18Cl2N2O3/c1-2-3-10(19)7-17-13(20)8-18-14(21)11-5-4-9(15)6-12(11)16/h4-6,10,19H,2-3,7-8H2,1H3,(H,17,20)(H,18,21). The first-order chi connectivity index (χ1) is 9.93. The van der Waals surface area contributed by atoms with Gasteiger partial charge in [0.2, 0.25) is 5.91 Å². The average Bonchev–Trinajstić information content (AvgIpc) is 2.43. The molecular formula is C14H18Cl2N2O3. The molecule has 1 atom stereocenters. The van der Waals surface area contributed by atoms with Gasteiger partial charge in [0, 0.05) is 11.6 Å². The lowest BCUT2D eigenvalue weighted by Crippen LogP contribution is -2.40. The van der Waals surface area contributed by atoms with Crippen LogP contribution in [-0.4, -0.2) is 36.1 Å². The maximum Gasteiger partial charge on any atom is 0.253 e. The summed E-state index contributed by atoms with van der Waals surface area (Å²) in [5.41, 5.74) is 0.250. The lowest BCUT2D eigenvalue weighted by atomic mass is 10.2. The van der Waals surface area contributed by atoms with Crippen molar-refractivity contribution in [2.24, 2.45) is 0 Å². The van der Waals surface area contributed by atoms with Crippen LogP contribution in [0.15, 0.2) is 18.2 Å². The number of halogens is 2. The number of aliphatic hydroxyl groups is 1. The predicted octanol–water partition coefficient (Wildman–Crippen LogP) is 2.00. The fourth-order valence-electron chi connectivity index (χ4n) is 1.66. The monoisotopic (exact) mass is 332 g/mol. The summed E-state index contributed by atoms with van der Waals surface area (Å²) in [5, 5.41) is 15.1. The third-order valence-electron chi connectivity index (χ3n) is 2.74. The Bertz CT molecular complexity index is 509. The molecule has 116 valence electrons. The Morgan fingerprint density at radius 2 is 2.00 bits per heavy atom. The van der Waals surface area contributed by atoms with Crippen molar-refractivity contribution in [3.63, 3.8) is 0 Å². The minimum absolute atomic E-state index is 0.171. The zero-order chi connectivity index (χ0) is 15.8. The Kier molecular flexibility index (Phi) is 7.50. The number of carbonyl (C=O) groups is 2. The highest BCUT2D eigenvalue weighted by molar-refractivity contribution is 6.36. The molecule has 0 aliphatic rings. The van der Waals surface area contributed by atoms with Crippen LogP contribution < -0.4 is 10.6 Å². The Balaban J connectivity index is 2.40. The summed E-state index contributed by atoms with van der Waals surface area (Å²) < 4.78 is 0. The van der Waals surface area contributed by atoms with Crippen molar-refractivity contribution in [1.29, 1.82) is 0 Å². The van der Waals surface area contributed by atoms with Gasteiger partial charge in [-0.1, -0.05) is 36.5 Å². The third kappa shape index (κ3) is 6.33. The van der Waals surface area contributed by atoms with Gasteiger partial charge in [-0.3, -0.25) is 9.59 Å². The number of nitrogens with one attached hydrogen (secondary N) is 2. The van der Waals surface area contributed by atoms with Gasteiger partial charge in [-0.2, -0.15) is 0 Å². The van der Waals surface area contributed by atoms with E-state index in [-0.39, 0.29) is 29.6 Å². The van der Waals surface area contributed by atoms with Crippen LogP contribution in [0.4, 0.5) is 0 Å². The van der Waals surface area contributed by atoms with Crippen molar-refractivity contribution in [2.75, 3.05) is 13.1 Å². The first-order valence-electron chi connectivity index (χ1n) is 6.62. The maximum absolute atomic E-state index is 11.9. The van der Waals surface area contributed by atoms with E-state index in [0.29, 0.717) is 11.4 Å². The Hall–Kier alpha value is -1.30. The first kappa shape index (κ1) is 17.8. The molecule has 3 N–H and O–H groups in total. The normalized spacial score (nSPS) is 11.8. The third-order valence-corrected chi connectivity index (χ3v) is 3.29. The molecule has 0 fully saturated rings. The highest BCUT2D eigenvalue weighted by atomic mass is 35.5. The molecule has 0 radical (unpaired) electrons. The molecule has 5 nitrogen and oxygen atoms in total. The lowest BCUT2D eigenvalue weighted by molar-refractivity contribution is -0.120. The van der Waals surface area contributed by atoms with Crippen molar-refractivity contribution in [2.45, 2.75) is 25.9 Å². The quantitative estimate of drug-likeness (QED) is 0.714. The molecule has 1 rings (SSSR count). The molecule has 0 spiro atoms. The molecule has 2 amide bonds. The van der Waals surface area contributed by atoms with Gasteiger partial charge in [0.25, 0.3) is 5.91 Å². The van der Waals surface area contributed by atoms with Crippen molar-refractivity contribution < 1.29 is 14.7 Å². The van der Waals surface area contributed by atoms with Crippen LogP contribution in [0.25, 0.3) is 0 Å². The van der Waals surface area contributed by atoms with E-state index >= 15 is 0 Å². The number of amides is 2. The summed E-state index contributed by atoms with van der Waals surface area (Å²) in [6.07, 6.45) is 0.885. The van der Waals surface area contributed by atoms with E-state index in [0.717, 1.165) is 6.42 Å². The Morgan fingerprint density at radius 3 is 2.62 bits per heavy atom. The van der Waals surface area contributed by atoms with E-state index in [1.54, 1.807) is 6.07 Å². The van der Waals surface area contributed by atoms with Gasteiger partial charge < -0.3 is 15.7 Å². The molecule has 7 heteroatoms. The molecule has 0 saturated carbocycles. The fourth-order valence-corrected chi connectivity index (χ4v) is 2.15. The van der Waals surface area contributed by atoms with E-state index in [2.05, 4.69) is 10.6 Å². The van der Waals surface area contributed by atoms with E-state index < -0.39 is 12.0 Å². The molecule has 0 aliphatic carbocycles. The maximum atomic E-state index is 11.9. The van der Waals surface area contributed by atoms with Crippen molar-refractivity contribution in [3.8, 4) is 0 Å². The van der Waals surface area contributed by atoms with E-state index in [9.17, 15) is 14.7 Å². The Labute approximate surface area is 133 Å². The van der Waals surface area contributed by atoms with Gasteiger partial charge >= 0.3 is 0 Å². The van der Waals surface area contributed by atoms with Gasteiger partial charge in [0.15, 0.2) is 0 Å². The van der Waals surface area contributed by atoms with Crippen molar-refractivity contribution >= 4 is 35.0 Å². The van der Waals surface area contributed by atoms with Gasteiger partial charge in [-0.25, -0.2) is 0 Å². The van der Waals surface area contributed by atoms with Crippen LogP contribution in [0.5, 0.6) is 0 Å². The van der Waals surface area contributed by atoms with E-state index in [4.69, 9.17) is 23.2 Å². The smallest absolute Gasteiger partial charge is 0.253 e. The molecule has 1 aromatic carbocycles. The summed E-state index contributed by atoms with van der Waals surface area (Å²) >= 11 is 11.6. The van der Waals surface area contributed by atoms with Crippen LogP contribution in [0, 0.1) is 0 Å². The number of hydrogen-bond donors (Lipinski definition) is 3. The number of carbonyl (C=O) groups excluding carboxylic acids is 2. The molecule has 1 aromatic rings. The summed E-state index contributed by atoms with van der Waals surface area (Å²) in [5.74, 6) is -0.829. The molecular weight excluding hydrogens is 315 g/mol. The highest BCUT2D eigenvalue weighted by Gasteiger charge is 2.12. The van der Waals surface area contributed by atoms with Gasteiger partial charge in [0.05, 0.1) is 23.2 Å². The predicted molar refractivity (Wildman–Crippen MR) is 82.7 cm³/mol. The zero-order valence-corrected chi connectivity index (χ0v) is 13.2. The summed E-state index contributed by atoms with van der Waals surface area (Å²) in [4.78, 5) is 23.4. The molecule has 0 bridgehead atoms. The lowest BCUT2D eigenvalue weighted by Gasteiger charge is -2.11. The molecule has 1 unspecified atom stereocenters. The second kappa shape index (κ2) is 8.87. The largest absolute Gasteiger partial charge is 0.391 e. The fraction of sp³-hybridized carbons (Fsp3) is 0.429. The van der Waals surface area contributed by atoms with Crippen LogP contribution in [0.2, 0.25) is 10.0 Å². The first-order valence-corrected chi connectivity index (χ1v) is 7.37.